The van der Waals surface area contributed by atoms with E-state index in [1.807, 2.05) is 18.2 Å². The van der Waals surface area contributed by atoms with Gasteiger partial charge in [-0.1, -0.05) is 0 Å². The summed E-state index contributed by atoms with van der Waals surface area (Å²) in [7, 11) is 0. The minimum absolute atomic E-state index is 0.127. The lowest BCUT2D eigenvalue weighted by molar-refractivity contribution is -0.117. The van der Waals surface area contributed by atoms with Crippen LogP contribution in [0.4, 0.5) is 11.6 Å². The summed E-state index contributed by atoms with van der Waals surface area (Å²) in [5, 5.41) is 2.96. The molecule has 0 radical (unpaired) electrons. The van der Waals surface area contributed by atoms with Crippen molar-refractivity contribution in [3.8, 4) is 0 Å². The Morgan fingerprint density at radius 2 is 2.14 bits per heavy atom. The van der Waals surface area contributed by atoms with Crippen LogP contribution in [0.5, 0.6) is 0 Å². The third-order valence-corrected chi connectivity index (χ3v) is 4.00. The molecule has 0 atom stereocenters. The van der Waals surface area contributed by atoms with Gasteiger partial charge >= 0.3 is 0 Å². The largest absolute Gasteiger partial charge is 0.378 e. The van der Waals surface area contributed by atoms with Gasteiger partial charge in [0.15, 0.2) is 0 Å². The van der Waals surface area contributed by atoms with Crippen LogP contribution in [0.25, 0.3) is 11.0 Å². The quantitative estimate of drug-likeness (QED) is 0.902. The standard InChI is InChI=1S/C15H18N4O2/c20-14(10-1-2-10)16-11-3-4-12-13(9-11)18-15(17-12)19-5-7-21-8-6-19/h3-4,9-10H,1-2,5-8H2,(H,16,20)(H,17,18). The van der Waals surface area contributed by atoms with Crippen molar-refractivity contribution in [2.24, 2.45) is 5.92 Å². The topological polar surface area (TPSA) is 70.2 Å². The zero-order chi connectivity index (χ0) is 14.2. The van der Waals surface area contributed by atoms with Gasteiger partial charge in [0.1, 0.15) is 0 Å². The first kappa shape index (κ1) is 12.6. The first-order chi connectivity index (χ1) is 10.3. The number of hydrogen-bond acceptors (Lipinski definition) is 4. The number of ether oxygens (including phenoxy) is 1. The Morgan fingerprint density at radius 3 is 2.90 bits per heavy atom. The lowest BCUT2D eigenvalue weighted by atomic mass is 10.2. The third kappa shape index (κ3) is 2.58. The normalized spacial score (nSPS) is 19.0. The van der Waals surface area contributed by atoms with Gasteiger partial charge in [0.25, 0.3) is 0 Å². The van der Waals surface area contributed by atoms with Crippen molar-refractivity contribution in [3.63, 3.8) is 0 Å². The summed E-state index contributed by atoms with van der Waals surface area (Å²) in [4.78, 5) is 21.9. The average molecular weight is 286 g/mol. The molecule has 1 aromatic carbocycles. The smallest absolute Gasteiger partial charge is 0.227 e. The Bertz CT molecular complexity index is 671. The lowest BCUT2D eigenvalue weighted by Gasteiger charge is -2.26. The molecule has 1 saturated heterocycles. The van der Waals surface area contributed by atoms with Crippen LogP contribution in [0.3, 0.4) is 0 Å². The van der Waals surface area contributed by atoms with Gasteiger partial charge in [-0.15, -0.1) is 0 Å². The highest BCUT2D eigenvalue weighted by Gasteiger charge is 2.29. The van der Waals surface area contributed by atoms with Gasteiger partial charge in [-0.05, 0) is 31.0 Å². The number of carbonyl (C=O) groups excluding carboxylic acids is 1. The fourth-order valence-electron chi connectivity index (χ4n) is 2.59. The SMILES string of the molecule is O=C(Nc1ccc2nc(N3CCOCC3)[nH]c2c1)C1CC1. The van der Waals surface area contributed by atoms with Gasteiger partial charge < -0.3 is 19.9 Å². The minimum atomic E-state index is 0.127. The number of nitrogens with zero attached hydrogens (tertiary/aromatic N) is 2. The fourth-order valence-corrected chi connectivity index (χ4v) is 2.59. The third-order valence-electron chi connectivity index (χ3n) is 4.00. The molecule has 6 heteroatoms. The Morgan fingerprint density at radius 1 is 1.33 bits per heavy atom. The molecule has 1 amide bonds. The van der Waals surface area contributed by atoms with E-state index in [1.165, 1.54) is 0 Å². The van der Waals surface area contributed by atoms with Crippen LogP contribution in [-0.2, 0) is 9.53 Å². The van der Waals surface area contributed by atoms with E-state index in [-0.39, 0.29) is 11.8 Å². The number of morpholine rings is 1. The van der Waals surface area contributed by atoms with Crippen molar-refractivity contribution in [1.29, 1.82) is 0 Å². The summed E-state index contributed by atoms with van der Waals surface area (Å²) >= 11 is 0. The number of benzene rings is 1. The Hall–Kier alpha value is -2.08. The van der Waals surface area contributed by atoms with Gasteiger partial charge in [0, 0.05) is 24.7 Å². The van der Waals surface area contributed by atoms with E-state index in [0.29, 0.717) is 0 Å². The molecular formula is C15H18N4O2. The molecule has 2 N–H and O–H groups in total. The van der Waals surface area contributed by atoms with Crippen LogP contribution in [0.15, 0.2) is 18.2 Å². The average Bonchev–Trinajstić information content (AvgIpc) is 3.28. The molecule has 1 aromatic heterocycles. The molecule has 4 rings (SSSR count). The van der Waals surface area contributed by atoms with E-state index in [4.69, 9.17) is 4.74 Å². The Kier molecular flexibility index (Phi) is 3.03. The molecule has 6 nitrogen and oxygen atoms in total. The minimum Gasteiger partial charge on any atom is -0.378 e. The number of amides is 1. The maximum Gasteiger partial charge on any atom is 0.227 e. The number of nitrogens with one attached hydrogen (secondary N) is 2. The van der Waals surface area contributed by atoms with Crippen molar-refractivity contribution in [2.75, 3.05) is 36.5 Å². The Labute approximate surface area is 122 Å². The highest BCUT2D eigenvalue weighted by atomic mass is 16.5. The van der Waals surface area contributed by atoms with Crippen molar-refractivity contribution >= 4 is 28.6 Å². The zero-order valence-corrected chi connectivity index (χ0v) is 11.8. The van der Waals surface area contributed by atoms with Gasteiger partial charge in [0.2, 0.25) is 11.9 Å². The predicted molar refractivity (Wildman–Crippen MR) is 80.5 cm³/mol. The highest BCUT2D eigenvalue weighted by molar-refractivity contribution is 5.95. The van der Waals surface area contributed by atoms with Crippen molar-refractivity contribution in [1.82, 2.24) is 9.97 Å². The zero-order valence-electron chi connectivity index (χ0n) is 11.8. The van der Waals surface area contributed by atoms with E-state index in [9.17, 15) is 4.79 Å². The number of aromatic nitrogens is 2. The lowest BCUT2D eigenvalue weighted by Crippen LogP contribution is -2.36. The fraction of sp³-hybridized carbons (Fsp3) is 0.467. The van der Waals surface area contributed by atoms with Crippen LogP contribution >= 0.6 is 0 Å². The van der Waals surface area contributed by atoms with E-state index >= 15 is 0 Å². The second kappa shape index (κ2) is 5.04. The number of rotatable bonds is 3. The Balaban J connectivity index is 1.57. The number of carbonyl (C=O) groups is 1. The summed E-state index contributed by atoms with van der Waals surface area (Å²) in [5.41, 5.74) is 2.70. The maximum atomic E-state index is 11.8. The number of anilines is 2. The van der Waals surface area contributed by atoms with Crippen LogP contribution in [-0.4, -0.2) is 42.2 Å². The maximum absolute atomic E-state index is 11.8. The summed E-state index contributed by atoms with van der Waals surface area (Å²) in [5.74, 6) is 1.22. The van der Waals surface area contributed by atoms with Gasteiger partial charge in [-0.3, -0.25) is 4.79 Å². The summed E-state index contributed by atoms with van der Waals surface area (Å²) in [6.07, 6.45) is 2.03. The molecule has 1 aliphatic carbocycles. The molecule has 2 aromatic rings. The molecule has 1 saturated carbocycles. The predicted octanol–water partition coefficient (Wildman–Crippen LogP) is 1.75. The van der Waals surface area contributed by atoms with E-state index in [1.54, 1.807) is 0 Å². The molecule has 110 valence electrons. The van der Waals surface area contributed by atoms with Gasteiger partial charge in [0.05, 0.1) is 24.2 Å². The van der Waals surface area contributed by atoms with Crippen molar-refractivity contribution in [3.05, 3.63) is 18.2 Å². The first-order valence-electron chi connectivity index (χ1n) is 7.43. The van der Waals surface area contributed by atoms with Crippen LogP contribution in [0, 0.1) is 5.92 Å². The van der Waals surface area contributed by atoms with E-state index in [0.717, 1.165) is 61.8 Å². The highest BCUT2D eigenvalue weighted by Crippen LogP contribution is 2.30. The second-order valence-corrected chi connectivity index (χ2v) is 5.66. The molecule has 2 fully saturated rings. The molecule has 0 spiro atoms. The van der Waals surface area contributed by atoms with E-state index < -0.39 is 0 Å². The van der Waals surface area contributed by atoms with Crippen LogP contribution in [0.2, 0.25) is 0 Å². The van der Waals surface area contributed by atoms with Crippen molar-refractivity contribution < 1.29 is 9.53 Å². The summed E-state index contributed by atoms with van der Waals surface area (Å²) < 4.78 is 5.36. The molecular weight excluding hydrogens is 268 g/mol. The molecule has 0 unspecified atom stereocenters. The van der Waals surface area contributed by atoms with Gasteiger partial charge in [-0.25, -0.2) is 4.98 Å². The van der Waals surface area contributed by atoms with Crippen LogP contribution < -0.4 is 10.2 Å². The number of imidazole rings is 1. The molecule has 0 bridgehead atoms. The van der Waals surface area contributed by atoms with Gasteiger partial charge in [-0.2, -0.15) is 0 Å². The number of fused-ring (bicyclic) bond motifs is 1. The monoisotopic (exact) mass is 286 g/mol. The first-order valence-corrected chi connectivity index (χ1v) is 7.43. The summed E-state index contributed by atoms with van der Waals surface area (Å²) in [6, 6.07) is 5.80. The number of hydrogen-bond donors (Lipinski definition) is 2. The molecule has 2 aliphatic rings. The second-order valence-electron chi connectivity index (χ2n) is 5.66. The number of aromatic amines is 1. The molecule has 2 heterocycles. The molecule has 21 heavy (non-hydrogen) atoms. The van der Waals surface area contributed by atoms with Crippen LogP contribution in [0.1, 0.15) is 12.8 Å². The number of H-pyrrole nitrogens is 1. The summed E-state index contributed by atoms with van der Waals surface area (Å²) in [6.45, 7) is 3.18. The van der Waals surface area contributed by atoms with Crippen molar-refractivity contribution in [2.45, 2.75) is 12.8 Å². The van der Waals surface area contributed by atoms with E-state index in [2.05, 4.69) is 20.2 Å². The molecule has 1 aliphatic heterocycles.